The van der Waals surface area contributed by atoms with Gasteiger partial charge in [-0.05, 0) is 25.5 Å². The summed E-state index contributed by atoms with van der Waals surface area (Å²) < 4.78 is 5.03. The van der Waals surface area contributed by atoms with Crippen molar-refractivity contribution in [2.75, 3.05) is 5.32 Å². The van der Waals surface area contributed by atoms with Crippen LogP contribution in [0.4, 0.5) is 15.6 Å². The van der Waals surface area contributed by atoms with E-state index in [0.717, 1.165) is 17.0 Å². The van der Waals surface area contributed by atoms with Gasteiger partial charge in [0, 0.05) is 17.0 Å². The zero-order valence-electron chi connectivity index (χ0n) is 12.8. The lowest BCUT2D eigenvalue weighted by molar-refractivity contribution is -0.384. The van der Waals surface area contributed by atoms with E-state index in [0.29, 0.717) is 5.13 Å². The van der Waals surface area contributed by atoms with Gasteiger partial charge in [-0.2, -0.15) is 9.59 Å². The molecule has 0 aliphatic rings. The molecule has 1 N–H and O–H groups in total. The maximum Gasteiger partial charge on any atom is 0.418 e. The van der Waals surface area contributed by atoms with Crippen molar-refractivity contribution in [1.82, 2.24) is 4.98 Å². The molecule has 0 unspecified atom stereocenters. The molecular weight excluding hydrogens is 338 g/mol. The number of ether oxygens (including phenoxy) is 1. The SMILES string of the molecule is CCc1sc(NC(=O)Oc2ccc([N+](=O)[O-])cc2)nc1C.O=C=O. The van der Waals surface area contributed by atoms with Gasteiger partial charge in [-0.15, -0.1) is 11.3 Å². The molecule has 2 aromatic rings. The predicted molar refractivity (Wildman–Crippen MR) is 84.0 cm³/mol. The number of anilines is 1. The van der Waals surface area contributed by atoms with Crippen molar-refractivity contribution in [3.8, 4) is 5.75 Å². The molecule has 1 heterocycles. The minimum absolute atomic E-state index is 0.0640. The van der Waals surface area contributed by atoms with Crippen molar-refractivity contribution < 1.29 is 24.0 Å². The number of carbonyl (C=O) groups excluding carboxylic acids is 3. The summed E-state index contributed by atoms with van der Waals surface area (Å²) in [5, 5.41) is 13.5. The number of non-ortho nitro benzene ring substituents is 1. The van der Waals surface area contributed by atoms with Gasteiger partial charge in [0.15, 0.2) is 5.13 Å². The van der Waals surface area contributed by atoms with E-state index >= 15 is 0 Å². The van der Waals surface area contributed by atoms with Crippen LogP contribution in [0.1, 0.15) is 17.5 Å². The Hall–Kier alpha value is -3.10. The average molecular weight is 351 g/mol. The van der Waals surface area contributed by atoms with Gasteiger partial charge in [0.05, 0.1) is 10.6 Å². The average Bonchev–Trinajstić information content (AvgIpc) is 2.88. The molecule has 0 radical (unpaired) electrons. The fourth-order valence-corrected chi connectivity index (χ4v) is 2.55. The molecule has 2 rings (SSSR count). The Morgan fingerprint density at radius 2 is 1.96 bits per heavy atom. The van der Waals surface area contributed by atoms with Crippen LogP contribution in [0.5, 0.6) is 5.75 Å². The summed E-state index contributed by atoms with van der Waals surface area (Å²) in [4.78, 5) is 43.3. The van der Waals surface area contributed by atoms with E-state index in [9.17, 15) is 14.9 Å². The van der Waals surface area contributed by atoms with Crippen molar-refractivity contribution in [2.24, 2.45) is 0 Å². The highest BCUT2D eigenvalue weighted by atomic mass is 32.1. The van der Waals surface area contributed by atoms with Crippen LogP contribution in [-0.2, 0) is 16.0 Å². The number of rotatable bonds is 4. The second-order valence-electron chi connectivity index (χ2n) is 4.23. The summed E-state index contributed by atoms with van der Waals surface area (Å²) in [6, 6.07) is 5.27. The van der Waals surface area contributed by atoms with Crippen LogP contribution in [0.2, 0.25) is 0 Å². The van der Waals surface area contributed by atoms with E-state index in [1.165, 1.54) is 35.6 Å². The Labute approximate surface area is 140 Å². The number of benzene rings is 1. The third-order valence-corrected chi connectivity index (χ3v) is 3.90. The molecule has 0 aliphatic heterocycles. The molecule has 126 valence electrons. The van der Waals surface area contributed by atoms with E-state index in [-0.39, 0.29) is 17.6 Å². The lowest BCUT2D eigenvalue weighted by Gasteiger charge is -2.03. The Morgan fingerprint density at radius 1 is 1.38 bits per heavy atom. The minimum atomic E-state index is -0.680. The summed E-state index contributed by atoms with van der Waals surface area (Å²) in [5.41, 5.74) is 0.819. The lowest BCUT2D eigenvalue weighted by Crippen LogP contribution is -2.16. The van der Waals surface area contributed by atoms with Gasteiger partial charge < -0.3 is 4.74 Å². The normalized spacial score (nSPS) is 9.25. The molecule has 1 aromatic carbocycles. The first-order valence-electron chi connectivity index (χ1n) is 6.60. The van der Waals surface area contributed by atoms with Crippen molar-refractivity contribution in [1.29, 1.82) is 0 Å². The van der Waals surface area contributed by atoms with Crippen molar-refractivity contribution in [3.63, 3.8) is 0 Å². The minimum Gasteiger partial charge on any atom is -0.410 e. The number of thiazole rings is 1. The number of nitrogens with zero attached hydrogens (tertiary/aromatic N) is 2. The highest BCUT2D eigenvalue weighted by Gasteiger charge is 2.11. The predicted octanol–water partition coefficient (Wildman–Crippen LogP) is 2.95. The number of carbonyl (C=O) groups is 1. The number of nitro groups is 1. The molecule has 24 heavy (non-hydrogen) atoms. The van der Waals surface area contributed by atoms with Gasteiger partial charge in [-0.3, -0.25) is 15.4 Å². The second kappa shape index (κ2) is 9.13. The third kappa shape index (κ3) is 5.59. The van der Waals surface area contributed by atoms with Crippen LogP contribution in [0.15, 0.2) is 24.3 Å². The number of aromatic nitrogens is 1. The van der Waals surface area contributed by atoms with Crippen molar-refractivity contribution in [2.45, 2.75) is 20.3 Å². The van der Waals surface area contributed by atoms with E-state index in [2.05, 4.69) is 10.3 Å². The number of nitro benzene ring substituents is 1. The smallest absolute Gasteiger partial charge is 0.410 e. The fourth-order valence-electron chi connectivity index (χ4n) is 1.67. The Bertz CT molecular complexity index is 750. The van der Waals surface area contributed by atoms with Gasteiger partial charge in [0.25, 0.3) is 5.69 Å². The Balaban J connectivity index is 0.000000891. The summed E-state index contributed by atoms with van der Waals surface area (Å²) >= 11 is 1.39. The van der Waals surface area contributed by atoms with E-state index in [1.54, 1.807) is 0 Å². The molecule has 9 nitrogen and oxygen atoms in total. The first-order chi connectivity index (χ1) is 11.4. The zero-order valence-corrected chi connectivity index (χ0v) is 13.6. The molecule has 0 saturated carbocycles. The molecule has 1 amide bonds. The van der Waals surface area contributed by atoms with E-state index in [1.807, 2.05) is 13.8 Å². The zero-order chi connectivity index (χ0) is 18.1. The number of hydrogen-bond donors (Lipinski definition) is 1. The number of nitrogens with one attached hydrogen (secondary N) is 1. The van der Waals surface area contributed by atoms with Gasteiger partial charge in [-0.25, -0.2) is 9.78 Å². The molecule has 0 spiro atoms. The molecule has 0 aliphatic carbocycles. The monoisotopic (exact) mass is 351 g/mol. The molecular formula is C14H13N3O6S. The number of amides is 1. The van der Waals surface area contributed by atoms with Gasteiger partial charge in [-0.1, -0.05) is 6.92 Å². The van der Waals surface area contributed by atoms with E-state index in [4.69, 9.17) is 14.3 Å². The second-order valence-corrected chi connectivity index (χ2v) is 5.31. The third-order valence-electron chi connectivity index (χ3n) is 2.68. The first kappa shape index (κ1) is 18.9. The molecule has 0 bridgehead atoms. The molecule has 1 aromatic heterocycles. The van der Waals surface area contributed by atoms with Crippen LogP contribution in [-0.4, -0.2) is 22.2 Å². The number of hydrogen-bond acceptors (Lipinski definition) is 8. The van der Waals surface area contributed by atoms with Crippen molar-refractivity contribution in [3.05, 3.63) is 45.0 Å². The largest absolute Gasteiger partial charge is 0.418 e. The summed E-state index contributed by atoms with van der Waals surface area (Å²) in [5.74, 6) is 0.224. The van der Waals surface area contributed by atoms with Crippen molar-refractivity contribution >= 4 is 34.4 Å². The molecule has 10 heteroatoms. The summed E-state index contributed by atoms with van der Waals surface area (Å²) in [6.07, 6.45) is 0.419. The highest BCUT2D eigenvalue weighted by Crippen LogP contribution is 2.23. The summed E-state index contributed by atoms with van der Waals surface area (Å²) in [7, 11) is 0. The molecule has 0 atom stereocenters. The fraction of sp³-hybridized carbons (Fsp3) is 0.214. The first-order valence-corrected chi connectivity index (χ1v) is 7.41. The van der Waals surface area contributed by atoms with Crippen LogP contribution in [0.25, 0.3) is 0 Å². The molecule has 0 fully saturated rings. The maximum absolute atomic E-state index is 11.7. The van der Waals surface area contributed by atoms with Gasteiger partial charge >= 0.3 is 12.2 Å². The van der Waals surface area contributed by atoms with Crippen LogP contribution in [0.3, 0.4) is 0 Å². The van der Waals surface area contributed by atoms with E-state index < -0.39 is 11.0 Å². The molecule has 0 saturated heterocycles. The van der Waals surface area contributed by atoms with Crippen LogP contribution >= 0.6 is 11.3 Å². The van der Waals surface area contributed by atoms with Gasteiger partial charge in [0.1, 0.15) is 5.75 Å². The quantitative estimate of drug-likeness (QED) is 0.662. The maximum atomic E-state index is 11.7. The topological polar surface area (TPSA) is 128 Å². The highest BCUT2D eigenvalue weighted by molar-refractivity contribution is 7.15. The number of aryl methyl sites for hydroxylation is 2. The lowest BCUT2D eigenvalue weighted by atomic mass is 10.3. The van der Waals surface area contributed by atoms with Crippen LogP contribution in [0, 0.1) is 17.0 Å². The van der Waals surface area contributed by atoms with Gasteiger partial charge in [0.2, 0.25) is 0 Å². The summed E-state index contributed by atoms with van der Waals surface area (Å²) in [6.45, 7) is 3.89. The Kier molecular flexibility index (Phi) is 7.21. The van der Waals surface area contributed by atoms with Crippen LogP contribution < -0.4 is 10.1 Å². The standard InChI is InChI=1S/C13H13N3O4S.CO2/c1-3-11-8(2)14-12(21-11)15-13(17)20-10-6-4-9(5-7-10)16(18)19;2-1-3/h4-7H,3H2,1-2H3,(H,14,15,17);. The Morgan fingerprint density at radius 3 is 2.42 bits per heavy atom.